The van der Waals surface area contributed by atoms with Gasteiger partial charge in [-0.2, -0.15) is 25.3 Å². The van der Waals surface area contributed by atoms with Crippen molar-refractivity contribution in [1.29, 1.82) is 0 Å². The Labute approximate surface area is 89.3 Å². The first-order valence-electron chi connectivity index (χ1n) is 5.05. The van der Waals surface area contributed by atoms with Gasteiger partial charge in [0.2, 0.25) is 0 Å². The summed E-state index contributed by atoms with van der Waals surface area (Å²) in [6.45, 7) is 3.98. The minimum absolute atomic E-state index is 0.944. The lowest BCUT2D eigenvalue weighted by Gasteiger charge is -2.05. The summed E-state index contributed by atoms with van der Waals surface area (Å²) < 4.78 is 0. The quantitative estimate of drug-likeness (QED) is 0.547. The Bertz CT molecular complexity index is 38.3. The second-order valence-electron chi connectivity index (χ2n) is 2.75. The van der Waals surface area contributed by atoms with Crippen molar-refractivity contribution in [1.82, 2.24) is 0 Å². The predicted molar refractivity (Wildman–Crippen MR) is 66.8 cm³/mol. The zero-order valence-electron chi connectivity index (χ0n) is 8.55. The van der Waals surface area contributed by atoms with E-state index in [1.54, 1.807) is 0 Å². The highest BCUT2D eigenvalue weighted by molar-refractivity contribution is 7.80. The minimum atomic E-state index is 0.944. The summed E-state index contributed by atoms with van der Waals surface area (Å²) in [5.41, 5.74) is 0. The van der Waals surface area contributed by atoms with Crippen molar-refractivity contribution in [2.24, 2.45) is 0 Å². The number of thiol groups is 2. The van der Waals surface area contributed by atoms with Crippen LogP contribution in [0.5, 0.6) is 0 Å². The van der Waals surface area contributed by atoms with Crippen molar-refractivity contribution >= 4 is 25.3 Å². The van der Waals surface area contributed by atoms with E-state index in [2.05, 4.69) is 25.3 Å². The Hall–Kier alpha value is 0.700. The van der Waals surface area contributed by atoms with E-state index in [-0.39, 0.29) is 0 Å². The molecule has 0 saturated heterocycles. The monoisotopic (exact) mass is 208 g/mol. The zero-order chi connectivity index (χ0) is 9.66. The maximum absolute atomic E-state index is 3.79. The molecule has 0 radical (unpaired) electrons. The maximum Gasteiger partial charge on any atom is -0.0126 e. The molecule has 0 aromatic carbocycles. The molecule has 0 aliphatic heterocycles. The van der Waals surface area contributed by atoms with Crippen molar-refractivity contribution in [3.05, 3.63) is 0 Å². The second kappa shape index (κ2) is 17.7. The zero-order valence-corrected chi connectivity index (χ0v) is 10.3. The molecule has 0 spiro atoms. The third kappa shape index (κ3) is 22.4. The molecule has 76 valence electrons. The summed E-state index contributed by atoms with van der Waals surface area (Å²) in [4.78, 5) is 0. The largest absolute Gasteiger partial charge is 0.180 e. The van der Waals surface area contributed by atoms with E-state index >= 15 is 0 Å². The van der Waals surface area contributed by atoms with Gasteiger partial charge < -0.3 is 0 Å². The molecule has 0 unspecified atom stereocenters. The van der Waals surface area contributed by atoms with E-state index < -0.39 is 0 Å². The van der Waals surface area contributed by atoms with Crippen molar-refractivity contribution in [3.63, 3.8) is 0 Å². The highest BCUT2D eigenvalue weighted by Gasteiger charge is 1.95. The van der Waals surface area contributed by atoms with Gasteiger partial charge in [-0.05, 0) is 11.5 Å². The summed E-state index contributed by atoms with van der Waals surface area (Å²) in [5.74, 6) is 1.89. The van der Waals surface area contributed by atoms with E-state index in [9.17, 15) is 0 Å². The van der Waals surface area contributed by atoms with Crippen LogP contribution in [0, 0.1) is 0 Å². The average molecular weight is 208 g/mol. The van der Waals surface area contributed by atoms with E-state index in [0.29, 0.717) is 0 Å². The molecular weight excluding hydrogens is 184 g/mol. The van der Waals surface area contributed by atoms with Crippen LogP contribution in [0.15, 0.2) is 0 Å². The Morgan fingerprint density at radius 2 is 0.750 bits per heavy atom. The summed E-state index contributed by atoms with van der Waals surface area (Å²) in [5, 5.41) is 0. The molecule has 12 heavy (non-hydrogen) atoms. The van der Waals surface area contributed by atoms with Gasteiger partial charge in [0.1, 0.15) is 0 Å². The first-order chi connectivity index (χ1) is 5.83. The first-order valence-corrected chi connectivity index (χ1v) is 6.31. The molecule has 1 aliphatic carbocycles. The molecule has 0 aromatic heterocycles. The highest BCUT2D eigenvalue weighted by Crippen LogP contribution is 2.15. The molecule has 1 fully saturated rings. The lowest BCUT2D eigenvalue weighted by Crippen LogP contribution is -1.85. The van der Waals surface area contributed by atoms with Gasteiger partial charge in [-0.1, -0.05) is 52.4 Å². The van der Waals surface area contributed by atoms with Gasteiger partial charge in [-0.25, -0.2) is 0 Å². The maximum atomic E-state index is 3.79. The standard InChI is InChI=1S/C6H12.2C2H6S/c1-2-4-6-5-3-1;2*1-2-3/h1-6H2;2*3H,2H2,1H3. The van der Waals surface area contributed by atoms with Crippen LogP contribution in [0.1, 0.15) is 52.4 Å². The SMILES string of the molecule is C1CCCCC1.CCS.CCS. The predicted octanol–water partition coefficient (Wildman–Crippen LogP) is 4.21. The van der Waals surface area contributed by atoms with E-state index in [0.717, 1.165) is 11.5 Å². The number of hydrogen-bond donors (Lipinski definition) is 2. The van der Waals surface area contributed by atoms with Crippen LogP contribution in [0.3, 0.4) is 0 Å². The third-order valence-corrected chi connectivity index (χ3v) is 1.50. The number of rotatable bonds is 0. The van der Waals surface area contributed by atoms with Crippen LogP contribution in [0.2, 0.25) is 0 Å². The van der Waals surface area contributed by atoms with Gasteiger partial charge in [-0.15, -0.1) is 0 Å². The highest BCUT2D eigenvalue weighted by atomic mass is 32.1. The third-order valence-electron chi connectivity index (χ3n) is 1.50. The van der Waals surface area contributed by atoms with Crippen molar-refractivity contribution in [3.8, 4) is 0 Å². The van der Waals surface area contributed by atoms with Crippen molar-refractivity contribution in [2.45, 2.75) is 52.4 Å². The Morgan fingerprint density at radius 1 is 0.667 bits per heavy atom. The smallest absolute Gasteiger partial charge is 0.0126 e. The average Bonchev–Trinajstić information content (AvgIpc) is 2.10. The minimum Gasteiger partial charge on any atom is -0.180 e. The van der Waals surface area contributed by atoms with Gasteiger partial charge in [0.05, 0.1) is 0 Å². The van der Waals surface area contributed by atoms with E-state index in [1.807, 2.05) is 13.8 Å². The molecule has 0 N–H and O–H groups in total. The second-order valence-corrected chi connectivity index (χ2v) is 4.02. The van der Waals surface area contributed by atoms with Crippen LogP contribution in [0.4, 0.5) is 0 Å². The molecular formula is C10H24S2. The van der Waals surface area contributed by atoms with Gasteiger partial charge in [0, 0.05) is 0 Å². The number of hydrogen-bond acceptors (Lipinski definition) is 2. The molecule has 0 nitrogen and oxygen atoms in total. The summed E-state index contributed by atoms with van der Waals surface area (Å²) >= 11 is 7.58. The molecule has 0 atom stereocenters. The van der Waals surface area contributed by atoms with E-state index in [4.69, 9.17) is 0 Å². The summed E-state index contributed by atoms with van der Waals surface area (Å²) in [6.07, 6.45) is 9.00. The summed E-state index contributed by atoms with van der Waals surface area (Å²) in [6, 6.07) is 0. The molecule has 1 rings (SSSR count). The molecule has 2 heteroatoms. The Balaban J connectivity index is 0. The molecule has 0 amide bonds. The van der Waals surface area contributed by atoms with E-state index in [1.165, 1.54) is 38.5 Å². The molecule has 0 bridgehead atoms. The van der Waals surface area contributed by atoms with Crippen molar-refractivity contribution < 1.29 is 0 Å². The van der Waals surface area contributed by atoms with Gasteiger partial charge >= 0.3 is 0 Å². The Morgan fingerprint density at radius 3 is 0.833 bits per heavy atom. The van der Waals surface area contributed by atoms with Crippen LogP contribution in [-0.2, 0) is 0 Å². The first kappa shape index (κ1) is 15.2. The normalized spacial score (nSPS) is 15.0. The fraction of sp³-hybridized carbons (Fsp3) is 1.00. The summed E-state index contributed by atoms with van der Waals surface area (Å²) in [7, 11) is 0. The molecule has 1 saturated carbocycles. The fourth-order valence-electron chi connectivity index (χ4n) is 1.06. The lowest BCUT2D eigenvalue weighted by molar-refractivity contribution is 0.504. The van der Waals surface area contributed by atoms with Gasteiger partial charge in [-0.3, -0.25) is 0 Å². The van der Waals surface area contributed by atoms with Crippen LogP contribution >= 0.6 is 25.3 Å². The topological polar surface area (TPSA) is 0 Å². The van der Waals surface area contributed by atoms with Crippen LogP contribution in [0.25, 0.3) is 0 Å². The molecule has 0 heterocycles. The Kier molecular flexibility index (Phi) is 22.4. The van der Waals surface area contributed by atoms with Crippen LogP contribution in [-0.4, -0.2) is 11.5 Å². The lowest BCUT2D eigenvalue weighted by atomic mass is 10.0. The molecule has 1 aliphatic rings. The van der Waals surface area contributed by atoms with Gasteiger partial charge in [0.15, 0.2) is 0 Å². The van der Waals surface area contributed by atoms with Gasteiger partial charge in [0.25, 0.3) is 0 Å². The fourth-order valence-corrected chi connectivity index (χ4v) is 1.06. The molecule has 0 aromatic rings. The van der Waals surface area contributed by atoms with Crippen molar-refractivity contribution in [2.75, 3.05) is 11.5 Å². The van der Waals surface area contributed by atoms with Crippen LogP contribution < -0.4 is 0 Å².